The van der Waals surface area contributed by atoms with E-state index in [9.17, 15) is 10.1 Å². The Kier molecular flexibility index (Phi) is 4.27. The van der Waals surface area contributed by atoms with Gasteiger partial charge in [0, 0.05) is 10.9 Å². The Hall–Kier alpha value is -1.38. The zero-order valence-corrected chi connectivity index (χ0v) is 13.0. The quantitative estimate of drug-likeness (QED) is 0.824. The van der Waals surface area contributed by atoms with Crippen LogP contribution in [0.15, 0.2) is 0 Å². The van der Waals surface area contributed by atoms with Crippen LogP contribution in [0, 0.1) is 17.2 Å². The van der Waals surface area contributed by atoms with E-state index in [-0.39, 0.29) is 17.9 Å². The summed E-state index contributed by atoms with van der Waals surface area (Å²) in [5, 5.41) is 13.2. The van der Waals surface area contributed by atoms with Crippen molar-refractivity contribution >= 4 is 22.2 Å². The first-order chi connectivity index (χ1) is 10.2. The van der Waals surface area contributed by atoms with Gasteiger partial charge < -0.3 is 11.1 Å². The van der Waals surface area contributed by atoms with Crippen LogP contribution in [-0.4, -0.2) is 11.9 Å². The Balaban J connectivity index is 1.82. The fourth-order valence-electron chi connectivity index (χ4n) is 3.47. The van der Waals surface area contributed by atoms with Crippen LogP contribution in [0.3, 0.4) is 0 Å². The van der Waals surface area contributed by atoms with Crippen LogP contribution in [0.5, 0.6) is 0 Å². The van der Waals surface area contributed by atoms with Crippen molar-refractivity contribution in [2.75, 3.05) is 5.32 Å². The minimum Gasteiger partial charge on any atom is -0.327 e. The summed E-state index contributed by atoms with van der Waals surface area (Å²) in [7, 11) is 0. The maximum Gasteiger partial charge on any atom is 0.229 e. The summed E-state index contributed by atoms with van der Waals surface area (Å²) in [5.41, 5.74) is 7.86. The number of carbonyl (C=O) groups is 1. The number of anilines is 1. The molecule has 0 aliphatic heterocycles. The van der Waals surface area contributed by atoms with Gasteiger partial charge in [-0.3, -0.25) is 4.79 Å². The highest BCUT2D eigenvalue weighted by molar-refractivity contribution is 7.16. The zero-order valence-electron chi connectivity index (χ0n) is 12.2. The van der Waals surface area contributed by atoms with Crippen molar-refractivity contribution in [1.29, 1.82) is 5.26 Å². The molecule has 2 atom stereocenters. The summed E-state index contributed by atoms with van der Waals surface area (Å²) < 4.78 is 0. The van der Waals surface area contributed by atoms with E-state index in [0.29, 0.717) is 5.56 Å². The molecular formula is C16H21N3OS. The van der Waals surface area contributed by atoms with Crippen LogP contribution in [0.25, 0.3) is 0 Å². The number of aryl methyl sites for hydroxylation is 1. The van der Waals surface area contributed by atoms with E-state index in [1.54, 1.807) is 11.3 Å². The molecule has 1 aromatic heterocycles. The highest BCUT2D eigenvalue weighted by Gasteiger charge is 2.31. The van der Waals surface area contributed by atoms with Crippen molar-refractivity contribution in [3.8, 4) is 6.07 Å². The minimum atomic E-state index is -0.0987. The van der Waals surface area contributed by atoms with E-state index in [1.807, 2.05) is 0 Å². The average Bonchev–Trinajstić information content (AvgIpc) is 2.95. The summed E-state index contributed by atoms with van der Waals surface area (Å²) in [4.78, 5) is 13.7. The molecule has 4 nitrogen and oxygen atoms in total. The highest BCUT2D eigenvalue weighted by atomic mass is 32.1. The first-order valence-electron chi connectivity index (χ1n) is 7.81. The summed E-state index contributed by atoms with van der Waals surface area (Å²) in [5.74, 6) is -0.105. The topological polar surface area (TPSA) is 78.9 Å². The Morgan fingerprint density at radius 2 is 2.05 bits per heavy atom. The second-order valence-electron chi connectivity index (χ2n) is 6.07. The maximum atomic E-state index is 12.4. The number of hydrogen-bond acceptors (Lipinski definition) is 4. The standard InChI is InChI=1S/C16H21N3OS/c17-9-12-10-5-2-1-3-8-14(10)21-16(12)19-15(20)11-6-4-7-13(11)18/h11,13H,1-8,18H2,(H,19,20). The zero-order chi connectivity index (χ0) is 14.8. The van der Waals surface area contributed by atoms with Gasteiger partial charge in [0.15, 0.2) is 0 Å². The molecule has 21 heavy (non-hydrogen) atoms. The van der Waals surface area contributed by atoms with Gasteiger partial charge in [0.1, 0.15) is 11.1 Å². The van der Waals surface area contributed by atoms with Gasteiger partial charge in [-0.15, -0.1) is 11.3 Å². The molecule has 112 valence electrons. The number of thiophene rings is 1. The van der Waals surface area contributed by atoms with Gasteiger partial charge in [0.2, 0.25) is 5.91 Å². The molecule has 0 aromatic carbocycles. The first-order valence-corrected chi connectivity index (χ1v) is 8.63. The molecule has 5 heteroatoms. The lowest BCUT2D eigenvalue weighted by atomic mass is 10.0. The van der Waals surface area contributed by atoms with Crippen molar-refractivity contribution in [1.82, 2.24) is 0 Å². The molecule has 2 aliphatic carbocycles. The smallest absolute Gasteiger partial charge is 0.229 e. The molecule has 3 N–H and O–H groups in total. The molecule has 0 saturated heterocycles. The third kappa shape index (κ3) is 2.83. The number of nitrogens with zero attached hydrogens (tertiary/aromatic N) is 1. The van der Waals surface area contributed by atoms with Crippen LogP contribution in [-0.2, 0) is 17.6 Å². The summed E-state index contributed by atoms with van der Waals surface area (Å²) in [6.45, 7) is 0. The Labute approximate surface area is 129 Å². The van der Waals surface area contributed by atoms with Gasteiger partial charge in [-0.1, -0.05) is 12.8 Å². The second-order valence-corrected chi connectivity index (χ2v) is 7.18. The lowest BCUT2D eigenvalue weighted by Gasteiger charge is -2.14. The van der Waals surface area contributed by atoms with E-state index in [0.717, 1.165) is 43.5 Å². The normalized spacial score (nSPS) is 25.0. The molecule has 1 amide bonds. The van der Waals surface area contributed by atoms with Crippen LogP contribution >= 0.6 is 11.3 Å². The van der Waals surface area contributed by atoms with Gasteiger partial charge in [-0.05, 0) is 44.1 Å². The lowest BCUT2D eigenvalue weighted by Crippen LogP contribution is -2.34. The van der Waals surface area contributed by atoms with E-state index in [2.05, 4.69) is 11.4 Å². The predicted molar refractivity (Wildman–Crippen MR) is 84.2 cm³/mol. The highest BCUT2D eigenvalue weighted by Crippen LogP contribution is 2.37. The first kappa shape index (κ1) is 14.6. The van der Waals surface area contributed by atoms with Crippen molar-refractivity contribution in [2.24, 2.45) is 11.7 Å². The van der Waals surface area contributed by atoms with E-state index in [1.165, 1.54) is 23.3 Å². The van der Waals surface area contributed by atoms with E-state index in [4.69, 9.17) is 5.73 Å². The van der Waals surface area contributed by atoms with Crippen molar-refractivity contribution < 1.29 is 4.79 Å². The summed E-state index contributed by atoms with van der Waals surface area (Å²) in [6.07, 6.45) is 8.35. The largest absolute Gasteiger partial charge is 0.327 e. The Bertz CT molecular complexity index is 587. The van der Waals surface area contributed by atoms with E-state index < -0.39 is 0 Å². The predicted octanol–water partition coefficient (Wildman–Crippen LogP) is 2.95. The van der Waals surface area contributed by atoms with Gasteiger partial charge in [0.25, 0.3) is 0 Å². The maximum absolute atomic E-state index is 12.4. The van der Waals surface area contributed by atoms with Gasteiger partial charge in [-0.25, -0.2) is 0 Å². The third-order valence-electron chi connectivity index (χ3n) is 4.68. The number of amides is 1. The third-order valence-corrected chi connectivity index (χ3v) is 5.88. The molecule has 1 fully saturated rings. The molecular weight excluding hydrogens is 282 g/mol. The number of hydrogen-bond donors (Lipinski definition) is 2. The van der Waals surface area contributed by atoms with Crippen LogP contribution in [0.2, 0.25) is 0 Å². The number of nitrogens with two attached hydrogens (primary N) is 1. The molecule has 3 rings (SSSR count). The minimum absolute atomic E-state index is 0.00657. The van der Waals surface area contributed by atoms with Crippen molar-refractivity contribution in [3.63, 3.8) is 0 Å². The summed E-state index contributed by atoms with van der Waals surface area (Å²) >= 11 is 1.59. The number of rotatable bonds is 2. The molecule has 1 saturated carbocycles. The molecule has 0 radical (unpaired) electrons. The molecule has 1 heterocycles. The van der Waals surface area contributed by atoms with Crippen molar-refractivity contribution in [3.05, 3.63) is 16.0 Å². The Morgan fingerprint density at radius 3 is 2.76 bits per heavy atom. The average molecular weight is 303 g/mol. The number of nitriles is 1. The summed E-state index contributed by atoms with van der Waals surface area (Å²) in [6, 6.07) is 2.27. The monoisotopic (exact) mass is 303 g/mol. The lowest BCUT2D eigenvalue weighted by molar-refractivity contribution is -0.120. The Morgan fingerprint density at radius 1 is 1.24 bits per heavy atom. The fraction of sp³-hybridized carbons (Fsp3) is 0.625. The number of carbonyl (C=O) groups excluding carboxylic acids is 1. The molecule has 2 unspecified atom stereocenters. The second kappa shape index (κ2) is 6.17. The molecule has 0 bridgehead atoms. The van der Waals surface area contributed by atoms with Gasteiger partial charge >= 0.3 is 0 Å². The van der Waals surface area contributed by atoms with Crippen LogP contribution < -0.4 is 11.1 Å². The number of nitrogens with one attached hydrogen (secondary N) is 1. The van der Waals surface area contributed by atoms with Crippen LogP contribution in [0.1, 0.15) is 54.5 Å². The van der Waals surface area contributed by atoms with Crippen molar-refractivity contribution in [2.45, 2.75) is 57.4 Å². The van der Waals surface area contributed by atoms with Gasteiger partial charge in [-0.2, -0.15) is 5.26 Å². The van der Waals surface area contributed by atoms with Gasteiger partial charge in [0.05, 0.1) is 11.5 Å². The number of fused-ring (bicyclic) bond motifs is 1. The van der Waals surface area contributed by atoms with E-state index >= 15 is 0 Å². The molecule has 2 aliphatic rings. The molecule has 0 spiro atoms. The fourth-order valence-corrected chi connectivity index (χ4v) is 4.71. The van der Waals surface area contributed by atoms with Crippen LogP contribution in [0.4, 0.5) is 5.00 Å². The SMILES string of the molecule is N#Cc1c(NC(=O)C2CCCC2N)sc2c1CCCCC2. The molecule has 1 aromatic rings.